The fraction of sp³-hybridized carbons (Fsp3) is 0.150. The molecule has 3 aromatic rings. The van der Waals surface area contributed by atoms with Crippen LogP contribution in [0.4, 0.5) is 11.4 Å². The second-order valence-corrected chi connectivity index (χ2v) is 9.18. The Hall–Kier alpha value is -2.64. The maximum atomic E-state index is 13.2. The van der Waals surface area contributed by atoms with E-state index in [1.807, 2.05) is 49.4 Å². The van der Waals surface area contributed by atoms with E-state index in [2.05, 4.69) is 5.32 Å². The summed E-state index contributed by atoms with van der Waals surface area (Å²) in [6.07, 6.45) is 0.681. The monoisotopic (exact) mass is 398 g/mol. The molecule has 0 saturated carbocycles. The predicted octanol–water partition coefficient (Wildman–Crippen LogP) is 4.14. The molecule has 1 aromatic heterocycles. The standard InChI is InChI=1S/C20H18N2O3S2/c1-14-11-15-7-5-6-10-18(15)22(14)27(24,25)17-12-19(26-13-17)20(23)21-16-8-3-2-4-9-16/h2-10,12-14H,11H2,1H3,(H,21,23)/t14-/m0/s1. The van der Waals surface area contributed by atoms with E-state index in [1.54, 1.807) is 12.1 Å². The number of anilines is 2. The van der Waals surface area contributed by atoms with Crippen molar-refractivity contribution in [3.63, 3.8) is 0 Å². The fourth-order valence-corrected chi connectivity index (χ4v) is 6.15. The molecule has 27 heavy (non-hydrogen) atoms. The Bertz CT molecular complexity index is 1090. The Morgan fingerprint density at radius 3 is 2.59 bits per heavy atom. The van der Waals surface area contributed by atoms with E-state index >= 15 is 0 Å². The lowest BCUT2D eigenvalue weighted by Gasteiger charge is -2.23. The Kier molecular flexibility index (Phi) is 4.49. The van der Waals surface area contributed by atoms with Gasteiger partial charge in [0.05, 0.1) is 15.5 Å². The topological polar surface area (TPSA) is 66.5 Å². The molecule has 4 rings (SSSR count). The first-order valence-electron chi connectivity index (χ1n) is 8.54. The van der Waals surface area contributed by atoms with Crippen molar-refractivity contribution in [1.82, 2.24) is 0 Å². The van der Waals surface area contributed by atoms with Gasteiger partial charge in [-0.15, -0.1) is 11.3 Å². The van der Waals surface area contributed by atoms with Gasteiger partial charge < -0.3 is 5.32 Å². The molecule has 0 bridgehead atoms. The van der Waals surface area contributed by atoms with Crippen LogP contribution in [0.3, 0.4) is 0 Å². The zero-order valence-corrected chi connectivity index (χ0v) is 16.3. The molecule has 1 aliphatic rings. The maximum absolute atomic E-state index is 13.2. The molecule has 7 heteroatoms. The van der Waals surface area contributed by atoms with Crippen LogP contribution in [0, 0.1) is 0 Å². The molecular weight excluding hydrogens is 380 g/mol. The summed E-state index contributed by atoms with van der Waals surface area (Å²) >= 11 is 1.13. The molecule has 1 N–H and O–H groups in total. The number of thiophene rings is 1. The van der Waals surface area contributed by atoms with Gasteiger partial charge in [-0.25, -0.2) is 8.42 Å². The third-order valence-corrected chi connectivity index (χ3v) is 7.52. The summed E-state index contributed by atoms with van der Waals surface area (Å²) in [5.74, 6) is -0.317. The number of nitrogens with one attached hydrogen (secondary N) is 1. The van der Waals surface area contributed by atoms with Crippen molar-refractivity contribution in [1.29, 1.82) is 0 Å². The number of hydrogen-bond acceptors (Lipinski definition) is 4. The first-order chi connectivity index (χ1) is 13.0. The Morgan fingerprint density at radius 1 is 1.11 bits per heavy atom. The van der Waals surface area contributed by atoms with Gasteiger partial charge >= 0.3 is 0 Å². The highest BCUT2D eigenvalue weighted by Crippen LogP contribution is 2.37. The predicted molar refractivity (Wildman–Crippen MR) is 108 cm³/mol. The van der Waals surface area contributed by atoms with Gasteiger partial charge in [0.15, 0.2) is 0 Å². The third kappa shape index (κ3) is 3.24. The van der Waals surface area contributed by atoms with Gasteiger partial charge in [0.25, 0.3) is 15.9 Å². The largest absolute Gasteiger partial charge is 0.321 e. The Labute approximate surface area is 162 Å². The molecule has 2 heterocycles. The highest BCUT2D eigenvalue weighted by atomic mass is 32.2. The van der Waals surface area contributed by atoms with Crippen molar-refractivity contribution in [2.45, 2.75) is 24.3 Å². The molecule has 1 aliphatic heterocycles. The molecule has 1 atom stereocenters. The average molecular weight is 399 g/mol. The number of rotatable bonds is 4. The smallest absolute Gasteiger partial charge is 0.265 e. The van der Waals surface area contributed by atoms with Crippen LogP contribution < -0.4 is 9.62 Å². The minimum absolute atomic E-state index is 0.147. The van der Waals surface area contributed by atoms with Crippen molar-refractivity contribution in [3.8, 4) is 0 Å². The third-order valence-electron chi connectivity index (χ3n) is 4.53. The molecule has 0 radical (unpaired) electrons. The molecule has 5 nitrogen and oxygen atoms in total. The van der Waals surface area contributed by atoms with Gasteiger partial charge in [-0.3, -0.25) is 9.10 Å². The molecule has 0 saturated heterocycles. The van der Waals surface area contributed by atoms with Gasteiger partial charge in [-0.1, -0.05) is 36.4 Å². The summed E-state index contributed by atoms with van der Waals surface area (Å²) in [6, 6.07) is 17.9. The van der Waals surface area contributed by atoms with Crippen LogP contribution in [0.2, 0.25) is 0 Å². The quantitative estimate of drug-likeness (QED) is 0.718. The number of hydrogen-bond donors (Lipinski definition) is 1. The van der Waals surface area contributed by atoms with E-state index in [-0.39, 0.29) is 16.8 Å². The molecule has 0 unspecified atom stereocenters. The van der Waals surface area contributed by atoms with Crippen LogP contribution in [0.5, 0.6) is 0 Å². The van der Waals surface area contributed by atoms with E-state index in [1.165, 1.54) is 15.8 Å². The van der Waals surface area contributed by atoms with E-state index < -0.39 is 10.0 Å². The lowest BCUT2D eigenvalue weighted by molar-refractivity contribution is 0.103. The number of amides is 1. The van der Waals surface area contributed by atoms with Gasteiger partial charge in [0.1, 0.15) is 0 Å². The molecule has 138 valence electrons. The maximum Gasteiger partial charge on any atom is 0.265 e. The molecule has 2 aromatic carbocycles. The average Bonchev–Trinajstić information content (AvgIpc) is 3.27. The van der Waals surface area contributed by atoms with Crippen molar-refractivity contribution in [2.24, 2.45) is 0 Å². The summed E-state index contributed by atoms with van der Waals surface area (Å²) < 4.78 is 27.9. The van der Waals surface area contributed by atoms with Gasteiger partial charge in [-0.05, 0) is 43.2 Å². The van der Waals surface area contributed by atoms with Crippen LogP contribution >= 0.6 is 11.3 Å². The fourth-order valence-electron chi connectivity index (χ4n) is 3.30. The zero-order valence-electron chi connectivity index (χ0n) is 14.6. The van der Waals surface area contributed by atoms with Crippen LogP contribution in [-0.2, 0) is 16.4 Å². The summed E-state index contributed by atoms with van der Waals surface area (Å²) in [7, 11) is -3.72. The minimum Gasteiger partial charge on any atom is -0.321 e. The Balaban J connectivity index is 1.62. The lowest BCUT2D eigenvalue weighted by Crippen LogP contribution is -2.35. The van der Waals surface area contributed by atoms with Crippen molar-refractivity contribution in [2.75, 3.05) is 9.62 Å². The van der Waals surface area contributed by atoms with Gasteiger partial charge in [-0.2, -0.15) is 0 Å². The summed E-state index contributed by atoms with van der Waals surface area (Å²) in [5.41, 5.74) is 2.40. The van der Waals surface area contributed by atoms with Crippen LogP contribution in [0.15, 0.2) is 70.9 Å². The molecular formula is C20H18N2O3S2. The van der Waals surface area contributed by atoms with E-state index in [9.17, 15) is 13.2 Å². The SMILES string of the molecule is C[C@H]1Cc2ccccc2N1S(=O)(=O)c1csc(C(=O)Nc2ccccc2)c1. The Morgan fingerprint density at radius 2 is 1.81 bits per heavy atom. The molecule has 0 fully saturated rings. The second kappa shape index (κ2) is 6.83. The minimum atomic E-state index is -3.72. The molecule has 0 aliphatic carbocycles. The summed E-state index contributed by atoms with van der Waals surface area (Å²) in [5, 5.41) is 4.31. The van der Waals surface area contributed by atoms with Crippen LogP contribution in [0.25, 0.3) is 0 Å². The van der Waals surface area contributed by atoms with Crippen LogP contribution in [-0.4, -0.2) is 20.4 Å². The summed E-state index contributed by atoms with van der Waals surface area (Å²) in [6.45, 7) is 1.90. The number of nitrogens with zero attached hydrogens (tertiary/aromatic N) is 1. The zero-order chi connectivity index (χ0) is 19.0. The van der Waals surface area contributed by atoms with E-state index in [4.69, 9.17) is 0 Å². The summed E-state index contributed by atoms with van der Waals surface area (Å²) in [4.78, 5) is 12.9. The van der Waals surface area contributed by atoms with E-state index in [0.29, 0.717) is 22.7 Å². The van der Waals surface area contributed by atoms with Crippen molar-refractivity contribution in [3.05, 3.63) is 76.5 Å². The lowest BCUT2D eigenvalue weighted by atomic mass is 10.1. The van der Waals surface area contributed by atoms with Crippen molar-refractivity contribution >= 4 is 38.6 Å². The number of carbonyl (C=O) groups excluding carboxylic acids is 1. The first-order valence-corrected chi connectivity index (χ1v) is 10.9. The normalized spacial score (nSPS) is 16.2. The number of sulfonamides is 1. The number of para-hydroxylation sites is 2. The second-order valence-electron chi connectivity index (χ2n) is 6.45. The first kappa shape index (κ1) is 17.8. The highest BCUT2D eigenvalue weighted by molar-refractivity contribution is 7.93. The number of carbonyl (C=O) groups is 1. The van der Waals surface area contributed by atoms with Gasteiger partial charge in [0, 0.05) is 17.1 Å². The molecule has 1 amide bonds. The van der Waals surface area contributed by atoms with Crippen LogP contribution in [0.1, 0.15) is 22.2 Å². The van der Waals surface area contributed by atoms with Crippen molar-refractivity contribution < 1.29 is 13.2 Å². The molecule has 0 spiro atoms. The number of fused-ring (bicyclic) bond motifs is 1. The van der Waals surface area contributed by atoms with E-state index in [0.717, 1.165) is 16.9 Å². The van der Waals surface area contributed by atoms with Gasteiger partial charge in [0.2, 0.25) is 0 Å². The number of benzene rings is 2. The highest BCUT2D eigenvalue weighted by Gasteiger charge is 2.36.